The fourth-order valence-corrected chi connectivity index (χ4v) is 1.83. The van der Waals surface area contributed by atoms with Crippen molar-refractivity contribution in [3.05, 3.63) is 35.9 Å². The van der Waals surface area contributed by atoms with Gasteiger partial charge in [0.25, 0.3) is 0 Å². The molecule has 0 aromatic heterocycles. The quantitative estimate of drug-likeness (QED) is 0.622. The summed E-state index contributed by atoms with van der Waals surface area (Å²) in [4.78, 5) is 23.7. The number of hydrogen-bond acceptors (Lipinski definition) is 4. The Hall–Kier alpha value is -1.92. The van der Waals surface area contributed by atoms with Gasteiger partial charge in [-0.25, -0.2) is 4.79 Å². The van der Waals surface area contributed by atoms with Crippen molar-refractivity contribution < 1.29 is 19.4 Å². The van der Waals surface area contributed by atoms with Gasteiger partial charge in [0.2, 0.25) is 5.91 Å². The van der Waals surface area contributed by atoms with Crippen molar-refractivity contribution in [2.45, 2.75) is 13.0 Å². The normalized spacial score (nSPS) is 10.6. The van der Waals surface area contributed by atoms with Gasteiger partial charge in [-0.15, -0.1) is 0 Å². The van der Waals surface area contributed by atoms with E-state index in [1.54, 1.807) is 0 Å². The second kappa shape index (κ2) is 9.90. The monoisotopic (exact) mass is 294 g/mol. The number of carboxylic acid groups (broad SMARTS) is 1. The molecule has 6 nitrogen and oxygen atoms in total. The van der Waals surface area contributed by atoms with E-state index in [1.807, 2.05) is 25.2 Å². The van der Waals surface area contributed by atoms with E-state index in [4.69, 9.17) is 9.84 Å². The predicted molar refractivity (Wildman–Crippen MR) is 78.9 cm³/mol. The van der Waals surface area contributed by atoms with E-state index in [2.05, 4.69) is 22.3 Å². The summed E-state index contributed by atoms with van der Waals surface area (Å²) in [5.41, 5.74) is 1.26. The Balaban J connectivity index is 2.05. The van der Waals surface area contributed by atoms with Gasteiger partial charge in [-0.05, 0) is 25.6 Å². The Bertz CT molecular complexity index is 437. The number of carboxylic acids is 1. The first-order valence-corrected chi connectivity index (χ1v) is 6.86. The zero-order valence-electron chi connectivity index (χ0n) is 12.2. The average Bonchev–Trinajstić information content (AvgIpc) is 2.44. The standard InChI is InChI=1S/C15H22N2O4/c1-17(10-13-6-3-2-4-7-13)9-5-8-16-14(18)11-21-12-15(19)20/h2-4,6-7H,5,8-12H2,1H3,(H,16,18)(H,19,20). The largest absolute Gasteiger partial charge is 0.480 e. The molecule has 21 heavy (non-hydrogen) atoms. The van der Waals surface area contributed by atoms with E-state index in [1.165, 1.54) is 5.56 Å². The van der Waals surface area contributed by atoms with Crippen LogP contribution in [-0.4, -0.2) is 55.2 Å². The first-order chi connectivity index (χ1) is 10.1. The van der Waals surface area contributed by atoms with Crippen LogP contribution in [0.1, 0.15) is 12.0 Å². The lowest BCUT2D eigenvalue weighted by atomic mass is 10.2. The Morgan fingerprint density at radius 3 is 2.62 bits per heavy atom. The summed E-state index contributed by atoms with van der Waals surface area (Å²) in [5.74, 6) is -1.37. The molecule has 0 saturated carbocycles. The molecule has 0 unspecified atom stereocenters. The van der Waals surface area contributed by atoms with Crippen LogP contribution in [0.4, 0.5) is 0 Å². The minimum absolute atomic E-state index is 0.216. The first kappa shape index (κ1) is 17.1. The minimum atomic E-state index is -1.08. The van der Waals surface area contributed by atoms with Crippen LogP contribution in [0.15, 0.2) is 30.3 Å². The molecule has 0 saturated heterocycles. The van der Waals surface area contributed by atoms with E-state index >= 15 is 0 Å². The number of benzene rings is 1. The molecule has 2 N–H and O–H groups in total. The van der Waals surface area contributed by atoms with E-state index in [0.717, 1.165) is 19.5 Å². The van der Waals surface area contributed by atoms with Gasteiger partial charge in [-0.1, -0.05) is 30.3 Å². The lowest BCUT2D eigenvalue weighted by Crippen LogP contribution is -2.31. The Morgan fingerprint density at radius 2 is 1.95 bits per heavy atom. The van der Waals surface area contributed by atoms with E-state index in [9.17, 15) is 9.59 Å². The number of hydrogen-bond donors (Lipinski definition) is 2. The zero-order valence-corrected chi connectivity index (χ0v) is 12.2. The summed E-state index contributed by atoms with van der Waals surface area (Å²) in [5, 5.41) is 11.1. The fraction of sp³-hybridized carbons (Fsp3) is 0.467. The molecule has 1 amide bonds. The number of aliphatic carboxylic acids is 1. The third-order valence-electron chi connectivity index (χ3n) is 2.79. The number of carbonyl (C=O) groups is 2. The second-order valence-electron chi connectivity index (χ2n) is 4.81. The van der Waals surface area contributed by atoms with Crippen molar-refractivity contribution >= 4 is 11.9 Å². The molecule has 0 spiro atoms. The minimum Gasteiger partial charge on any atom is -0.480 e. The molecule has 0 heterocycles. The van der Waals surface area contributed by atoms with Crippen LogP contribution in [-0.2, 0) is 20.9 Å². The Labute approximate surface area is 124 Å². The Kier molecular flexibility index (Phi) is 8.08. The lowest BCUT2D eigenvalue weighted by molar-refractivity contribution is -0.143. The van der Waals surface area contributed by atoms with E-state index in [0.29, 0.717) is 6.54 Å². The summed E-state index contributed by atoms with van der Waals surface area (Å²) in [6.07, 6.45) is 0.827. The fourth-order valence-electron chi connectivity index (χ4n) is 1.83. The number of nitrogens with one attached hydrogen (secondary N) is 1. The van der Waals surface area contributed by atoms with Crippen LogP contribution in [0.5, 0.6) is 0 Å². The highest BCUT2D eigenvalue weighted by Gasteiger charge is 2.04. The molecule has 1 rings (SSSR count). The van der Waals surface area contributed by atoms with E-state index < -0.39 is 12.6 Å². The van der Waals surface area contributed by atoms with Crippen molar-refractivity contribution in [2.75, 3.05) is 33.4 Å². The maximum atomic E-state index is 11.3. The SMILES string of the molecule is CN(CCCNC(=O)COCC(=O)O)Cc1ccccc1. The molecule has 0 aliphatic carbocycles. The van der Waals surface area contributed by atoms with Gasteiger partial charge in [-0.2, -0.15) is 0 Å². The van der Waals surface area contributed by atoms with Crippen molar-refractivity contribution in [3.63, 3.8) is 0 Å². The highest BCUT2D eigenvalue weighted by atomic mass is 16.5. The molecular formula is C15H22N2O4. The maximum absolute atomic E-state index is 11.3. The molecule has 0 radical (unpaired) electrons. The third-order valence-corrected chi connectivity index (χ3v) is 2.79. The van der Waals surface area contributed by atoms with Gasteiger partial charge in [0.05, 0.1) is 0 Å². The van der Waals surface area contributed by atoms with Crippen LogP contribution in [0.25, 0.3) is 0 Å². The molecule has 6 heteroatoms. The lowest BCUT2D eigenvalue weighted by Gasteiger charge is -2.16. The van der Waals surface area contributed by atoms with Gasteiger partial charge in [0.15, 0.2) is 0 Å². The maximum Gasteiger partial charge on any atom is 0.329 e. The van der Waals surface area contributed by atoms with Crippen LogP contribution < -0.4 is 5.32 Å². The molecule has 0 aliphatic heterocycles. The second-order valence-corrected chi connectivity index (χ2v) is 4.81. The number of amides is 1. The van der Waals surface area contributed by atoms with Crippen LogP contribution in [0.2, 0.25) is 0 Å². The number of rotatable bonds is 10. The first-order valence-electron chi connectivity index (χ1n) is 6.86. The van der Waals surface area contributed by atoms with Gasteiger partial charge in [0, 0.05) is 13.1 Å². The molecule has 116 valence electrons. The molecule has 0 aliphatic rings. The van der Waals surface area contributed by atoms with Crippen molar-refractivity contribution in [3.8, 4) is 0 Å². The predicted octanol–water partition coefficient (Wildman–Crippen LogP) is 0.726. The van der Waals surface area contributed by atoms with Gasteiger partial charge < -0.3 is 20.1 Å². The van der Waals surface area contributed by atoms with E-state index in [-0.39, 0.29) is 12.5 Å². The molecule has 1 aromatic carbocycles. The molecule has 1 aromatic rings. The molecule has 0 atom stereocenters. The highest BCUT2D eigenvalue weighted by molar-refractivity contribution is 5.77. The summed E-state index contributed by atoms with van der Waals surface area (Å²) in [7, 11) is 2.03. The Morgan fingerprint density at radius 1 is 1.24 bits per heavy atom. The number of nitrogens with zero attached hydrogens (tertiary/aromatic N) is 1. The van der Waals surface area contributed by atoms with Crippen LogP contribution >= 0.6 is 0 Å². The smallest absolute Gasteiger partial charge is 0.329 e. The summed E-state index contributed by atoms with van der Waals surface area (Å²) in [6, 6.07) is 10.2. The summed E-state index contributed by atoms with van der Waals surface area (Å²) < 4.78 is 4.69. The zero-order chi connectivity index (χ0) is 15.5. The molecule has 0 fully saturated rings. The van der Waals surface area contributed by atoms with Gasteiger partial charge in [-0.3, -0.25) is 4.79 Å². The average molecular weight is 294 g/mol. The number of carbonyl (C=O) groups excluding carboxylic acids is 1. The summed E-state index contributed by atoms with van der Waals surface area (Å²) in [6.45, 7) is 1.62. The van der Waals surface area contributed by atoms with Crippen molar-refractivity contribution in [1.29, 1.82) is 0 Å². The van der Waals surface area contributed by atoms with Crippen LogP contribution in [0.3, 0.4) is 0 Å². The van der Waals surface area contributed by atoms with Crippen molar-refractivity contribution in [1.82, 2.24) is 10.2 Å². The van der Waals surface area contributed by atoms with Crippen molar-refractivity contribution in [2.24, 2.45) is 0 Å². The summed E-state index contributed by atoms with van der Waals surface area (Å²) >= 11 is 0. The van der Waals surface area contributed by atoms with Gasteiger partial charge >= 0.3 is 5.97 Å². The molecule has 0 bridgehead atoms. The third kappa shape index (κ3) is 8.78. The van der Waals surface area contributed by atoms with Crippen LogP contribution in [0, 0.1) is 0 Å². The van der Waals surface area contributed by atoms with Gasteiger partial charge in [0.1, 0.15) is 13.2 Å². The highest BCUT2D eigenvalue weighted by Crippen LogP contribution is 2.02. The topological polar surface area (TPSA) is 78.9 Å². The molecular weight excluding hydrogens is 272 g/mol. The number of ether oxygens (including phenoxy) is 1.